The molecule has 1 fully saturated rings. The first-order valence-electron chi connectivity index (χ1n) is 7.07. The Hall–Kier alpha value is -1.55. The molecule has 1 aromatic carbocycles. The van der Waals surface area contributed by atoms with Crippen LogP contribution in [0.25, 0.3) is 0 Å². The molecule has 0 aliphatic carbocycles. The summed E-state index contributed by atoms with van der Waals surface area (Å²) in [6.07, 6.45) is 1.76. The van der Waals surface area contributed by atoms with Gasteiger partial charge in [-0.1, -0.05) is 25.1 Å². The molecule has 1 aliphatic rings. The van der Waals surface area contributed by atoms with E-state index in [0.29, 0.717) is 18.3 Å². The Morgan fingerprint density at radius 2 is 1.84 bits per heavy atom. The van der Waals surface area contributed by atoms with E-state index in [1.54, 1.807) is 0 Å². The predicted molar refractivity (Wildman–Crippen MR) is 80.8 cm³/mol. The average Bonchev–Trinajstić information content (AvgIpc) is 2.46. The maximum atomic E-state index is 7.46. The van der Waals surface area contributed by atoms with Crippen LogP contribution in [-0.2, 0) is 0 Å². The monoisotopic (exact) mass is 260 g/mol. The van der Waals surface area contributed by atoms with Gasteiger partial charge >= 0.3 is 0 Å². The quantitative estimate of drug-likeness (QED) is 0.628. The van der Waals surface area contributed by atoms with E-state index in [9.17, 15) is 0 Å². The smallest absolute Gasteiger partial charge is 0.0921 e. The summed E-state index contributed by atoms with van der Waals surface area (Å²) in [6, 6.07) is 11.0. The summed E-state index contributed by atoms with van der Waals surface area (Å²) >= 11 is 0. The van der Waals surface area contributed by atoms with Gasteiger partial charge in [-0.25, -0.2) is 0 Å². The highest BCUT2D eigenvalue weighted by Gasteiger charge is 2.23. The van der Waals surface area contributed by atoms with Crippen LogP contribution in [0.4, 0.5) is 5.69 Å². The average molecular weight is 260 g/mol. The van der Waals surface area contributed by atoms with E-state index in [4.69, 9.17) is 11.1 Å². The molecule has 19 heavy (non-hydrogen) atoms. The number of benzene rings is 1. The maximum absolute atomic E-state index is 7.46. The van der Waals surface area contributed by atoms with Crippen molar-refractivity contribution >= 4 is 11.5 Å². The number of para-hydroxylation sites is 1. The van der Waals surface area contributed by atoms with Crippen molar-refractivity contribution in [2.45, 2.75) is 25.8 Å². The molecule has 0 saturated carbocycles. The van der Waals surface area contributed by atoms with Gasteiger partial charge in [0.2, 0.25) is 0 Å². The number of hydrogen-bond acceptors (Lipinski definition) is 3. The molecule has 1 unspecified atom stereocenters. The lowest BCUT2D eigenvalue weighted by Gasteiger charge is -2.40. The zero-order valence-electron chi connectivity index (χ0n) is 11.7. The Kier molecular flexibility index (Phi) is 4.80. The molecule has 1 heterocycles. The van der Waals surface area contributed by atoms with E-state index in [2.05, 4.69) is 47.1 Å². The summed E-state index contributed by atoms with van der Waals surface area (Å²) in [6.45, 7) is 6.40. The molecule has 1 atom stereocenters. The molecule has 1 saturated heterocycles. The van der Waals surface area contributed by atoms with E-state index >= 15 is 0 Å². The first-order chi connectivity index (χ1) is 9.20. The molecule has 1 aromatic rings. The van der Waals surface area contributed by atoms with Crippen LogP contribution in [0.15, 0.2) is 30.3 Å². The Morgan fingerprint density at radius 3 is 2.37 bits per heavy atom. The van der Waals surface area contributed by atoms with Gasteiger partial charge in [-0.15, -0.1) is 0 Å². The number of nitrogens with one attached hydrogen (secondary N) is 1. The fraction of sp³-hybridized carbons (Fsp3) is 0.533. The van der Waals surface area contributed by atoms with E-state index in [0.717, 1.165) is 32.6 Å². The first kappa shape index (κ1) is 13.9. The third-order valence-electron chi connectivity index (χ3n) is 3.88. The minimum Gasteiger partial charge on any atom is -0.388 e. The van der Waals surface area contributed by atoms with Crippen molar-refractivity contribution in [3.63, 3.8) is 0 Å². The van der Waals surface area contributed by atoms with Gasteiger partial charge in [0.25, 0.3) is 0 Å². The van der Waals surface area contributed by atoms with E-state index < -0.39 is 0 Å². The Bertz CT molecular complexity index is 396. The number of nitrogens with zero attached hydrogens (tertiary/aromatic N) is 2. The van der Waals surface area contributed by atoms with Crippen LogP contribution in [0, 0.1) is 5.41 Å². The van der Waals surface area contributed by atoms with Crippen LogP contribution in [-0.4, -0.2) is 43.0 Å². The van der Waals surface area contributed by atoms with Gasteiger partial charge in [0.05, 0.1) is 5.84 Å². The molecule has 4 nitrogen and oxygen atoms in total. The molecule has 2 rings (SSSR count). The lowest BCUT2D eigenvalue weighted by Crippen LogP contribution is -2.51. The molecule has 104 valence electrons. The normalized spacial score (nSPS) is 18.3. The van der Waals surface area contributed by atoms with Gasteiger partial charge in [-0.2, -0.15) is 0 Å². The molecule has 4 heteroatoms. The molecule has 0 radical (unpaired) electrons. The summed E-state index contributed by atoms with van der Waals surface area (Å²) in [5.74, 6) is 0.303. The number of amidine groups is 1. The number of nitrogens with two attached hydrogens (primary N) is 1. The Morgan fingerprint density at radius 1 is 1.21 bits per heavy atom. The SMILES string of the molecule is CCC(CC(=N)N)N1CCN(c2ccccc2)CC1. The minimum atomic E-state index is 0.303. The predicted octanol–water partition coefficient (Wildman–Crippen LogP) is 1.91. The third-order valence-corrected chi connectivity index (χ3v) is 3.88. The topological polar surface area (TPSA) is 56.4 Å². The fourth-order valence-electron chi connectivity index (χ4n) is 2.77. The van der Waals surface area contributed by atoms with Crippen LogP contribution in [0.2, 0.25) is 0 Å². The van der Waals surface area contributed by atoms with Gasteiger partial charge in [0.15, 0.2) is 0 Å². The molecule has 0 amide bonds. The van der Waals surface area contributed by atoms with Gasteiger partial charge in [0.1, 0.15) is 0 Å². The second-order valence-electron chi connectivity index (χ2n) is 5.15. The maximum Gasteiger partial charge on any atom is 0.0921 e. The number of piperazine rings is 1. The molecular formula is C15H24N4. The van der Waals surface area contributed by atoms with Crippen molar-refractivity contribution in [1.29, 1.82) is 5.41 Å². The van der Waals surface area contributed by atoms with Crippen molar-refractivity contribution in [2.24, 2.45) is 5.73 Å². The highest BCUT2D eigenvalue weighted by molar-refractivity contribution is 5.77. The van der Waals surface area contributed by atoms with Crippen LogP contribution in [0.1, 0.15) is 19.8 Å². The van der Waals surface area contributed by atoms with E-state index in [1.807, 2.05) is 0 Å². The van der Waals surface area contributed by atoms with Crippen LogP contribution >= 0.6 is 0 Å². The standard InChI is InChI=1S/C15H24N4/c1-2-13(12-15(16)17)18-8-10-19(11-9-18)14-6-4-3-5-7-14/h3-7,13H,2,8-12H2,1H3,(H3,16,17). The second-order valence-corrected chi connectivity index (χ2v) is 5.15. The number of anilines is 1. The van der Waals surface area contributed by atoms with Crippen molar-refractivity contribution in [3.8, 4) is 0 Å². The van der Waals surface area contributed by atoms with E-state index in [-0.39, 0.29) is 0 Å². The zero-order chi connectivity index (χ0) is 13.7. The van der Waals surface area contributed by atoms with Crippen LogP contribution in [0.3, 0.4) is 0 Å². The van der Waals surface area contributed by atoms with Crippen molar-refractivity contribution in [3.05, 3.63) is 30.3 Å². The molecule has 0 bridgehead atoms. The minimum absolute atomic E-state index is 0.303. The molecule has 1 aliphatic heterocycles. The lowest BCUT2D eigenvalue weighted by atomic mass is 10.1. The molecule has 0 aromatic heterocycles. The first-order valence-corrected chi connectivity index (χ1v) is 7.07. The summed E-state index contributed by atoms with van der Waals surface area (Å²) in [7, 11) is 0. The Labute approximate surface area is 115 Å². The van der Waals surface area contributed by atoms with Crippen molar-refractivity contribution in [1.82, 2.24) is 4.90 Å². The van der Waals surface area contributed by atoms with Gasteiger partial charge in [-0.05, 0) is 18.6 Å². The van der Waals surface area contributed by atoms with Crippen molar-refractivity contribution < 1.29 is 0 Å². The second kappa shape index (κ2) is 6.57. The summed E-state index contributed by atoms with van der Waals surface area (Å²) in [5.41, 5.74) is 6.85. The summed E-state index contributed by atoms with van der Waals surface area (Å²) < 4.78 is 0. The van der Waals surface area contributed by atoms with Crippen molar-refractivity contribution in [2.75, 3.05) is 31.1 Å². The highest BCUT2D eigenvalue weighted by atomic mass is 15.3. The molecular weight excluding hydrogens is 236 g/mol. The molecule has 3 N–H and O–H groups in total. The van der Waals surface area contributed by atoms with Crippen LogP contribution in [0.5, 0.6) is 0 Å². The van der Waals surface area contributed by atoms with Crippen LogP contribution < -0.4 is 10.6 Å². The fourth-order valence-corrected chi connectivity index (χ4v) is 2.77. The lowest BCUT2D eigenvalue weighted by molar-refractivity contribution is 0.184. The number of hydrogen-bond donors (Lipinski definition) is 2. The van der Waals surface area contributed by atoms with Gasteiger partial charge in [-0.3, -0.25) is 10.3 Å². The summed E-state index contributed by atoms with van der Waals surface area (Å²) in [4.78, 5) is 4.90. The van der Waals surface area contributed by atoms with E-state index in [1.165, 1.54) is 5.69 Å². The third kappa shape index (κ3) is 3.70. The highest BCUT2D eigenvalue weighted by Crippen LogP contribution is 2.18. The number of rotatable bonds is 5. The molecule has 0 spiro atoms. The van der Waals surface area contributed by atoms with Gasteiger partial charge in [0, 0.05) is 44.3 Å². The Balaban J connectivity index is 1.89. The largest absolute Gasteiger partial charge is 0.388 e. The zero-order valence-corrected chi connectivity index (χ0v) is 11.7. The summed E-state index contributed by atoms with van der Waals surface area (Å²) in [5, 5.41) is 7.46. The van der Waals surface area contributed by atoms with Gasteiger partial charge < -0.3 is 10.6 Å².